The van der Waals surface area contributed by atoms with E-state index in [1.165, 1.54) is 7.11 Å². The average molecular weight is 336 g/mol. The van der Waals surface area contributed by atoms with Crippen LogP contribution in [-0.4, -0.2) is 26.7 Å². The Balaban J connectivity index is 2.03. The Morgan fingerprint density at radius 3 is 2.57 bits per heavy atom. The summed E-state index contributed by atoms with van der Waals surface area (Å²) in [7, 11) is 3.08. The minimum absolute atomic E-state index is 0.163. The second-order valence-corrected chi connectivity index (χ2v) is 5.24. The fraction of sp³-hybridized carbons (Fsp3) is 0.235. The molecule has 2 rings (SSSR count). The van der Waals surface area contributed by atoms with Gasteiger partial charge in [-0.1, -0.05) is 17.7 Å². The van der Waals surface area contributed by atoms with E-state index in [1.807, 2.05) is 13.0 Å². The summed E-state index contributed by atoms with van der Waals surface area (Å²) in [4.78, 5) is 12.1. The molecule has 0 saturated heterocycles. The van der Waals surface area contributed by atoms with E-state index < -0.39 is 0 Å². The molecule has 2 aromatic carbocycles. The summed E-state index contributed by atoms with van der Waals surface area (Å²) in [6.45, 7) is 1.76. The summed E-state index contributed by atoms with van der Waals surface area (Å²) >= 11 is 6.03. The van der Waals surface area contributed by atoms with Gasteiger partial charge in [-0.3, -0.25) is 4.79 Å². The number of benzene rings is 2. The smallest absolute Gasteiger partial charge is 0.262 e. The molecule has 0 aliphatic rings. The zero-order valence-corrected chi connectivity index (χ0v) is 13.9. The average Bonchev–Trinajstić information content (AvgIpc) is 2.55. The Bertz CT molecular complexity index is 703. The highest BCUT2D eigenvalue weighted by Crippen LogP contribution is 2.29. The van der Waals surface area contributed by atoms with E-state index in [9.17, 15) is 4.79 Å². The summed E-state index contributed by atoms with van der Waals surface area (Å²) in [6.07, 6.45) is 0. The number of halogens is 1. The number of methoxy groups -OCH3 is 2. The molecule has 23 heavy (non-hydrogen) atoms. The Morgan fingerprint density at radius 1 is 1.09 bits per heavy atom. The maximum Gasteiger partial charge on any atom is 0.262 e. The lowest BCUT2D eigenvalue weighted by molar-refractivity contribution is -0.118. The minimum atomic E-state index is -0.325. The van der Waals surface area contributed by atoms with Crippen LogP contribution in [0.2, 0.25) is 5.02 Å². The Kier molecular flexibility index (Phi) is 5.71. The van der Waals surface area contributed by atoms with Gasteiger partial charge in [-0.25, -0.2) is 0 Å². The lowest BCUT2D eigenvalue weighted by atomic mass is 10.2. The summed E-state index contributed by atoms with van der Waals surface area (Å²) in [5.41, 5.74) is 1.51. The molecule has 0 atom stereocenters. The first-order valence-corrected chi connectivity index (χ1v) is 7.32. The molecule has 6 heteroatoms. The predicted octanol–water partition coefficient (Wildman–Crippen LogP) is 3.68. The van der Waals surface area contributed by atoms with Crippen molar-refractivity contribution in [2.45, 2.75) is 6.92 Å². The third kappa shape index (κ3) is 4.53. The first-order valence-electron chi connectivity index (χ1n) is 6.94. The Labute approximate surface area is 140 Å². The summed E-state index contributed by atoms with van der Waals surface area (Å²) in [5, 5.41) is 3.19. The van der Waals surface area contributed by atoms with E-state index in [1.54, 1.807) is 37.4 Å². The number of hydrogen-bond acceptors (Lipinski definition) is 4. The van der Waals surface area contributed by atoms with Crippen LogP contribution in [0.25, 0.3) is 0 Å². The van der Waals surface area contributed by atoms with Crippen LogP contribution >= 0.6 is 11.6 Å². The zero-order valence-electron chi connectivity index (χ0n) is 13.2. The van der Waals surface area contributed by atoms with Crippen molar-refractivity contribution in [2.75, 3.05) is 26.1 Å². The topological polar surface area (TPSA) is 56.8 Å². The summed E-state index contributed by atoms with van der Waals surface area (Å²) in [5.74, 6) is 1.30. The number of anilines is 1. The van der Waals surface area contributed by atoms with Crippen LogP contribution in [0.3, 0.4) is 0 Å². The summed E-state index contributed by atoms with van der Waals surface area (Å²) in [6, 6.07) is 10.5. The highest BCUT2D eigenvalue weighted by Gasteiger charge is 2.11. The molecule has 0 fully saturated rings. The standard InChI is InChI=1S/C17H18ClNO4/c1-11-4-6-13(18)16(8-11)23-10-17(20)19-14-9-12(21-2)5-7-15(14)22-3/h4-9H,10H2,1-3H3,(H,19,20). The highest BCUT2D eigenvalue weighted by atomic mass is 35.5. The number of aryl methyl sites for hydroxylation is 1. The Hall–Kier alpha value is -2.40. The van der Waals surface area contributed by atoms with E-state index in [0.29, 0.717) is 28.0 Å². The second-order valence-electron chi connectivity index (χ2n) is 4.84. The molecule has 0 aliphatic heterocycles. The van der Waals surface area contributed by atoms with E-state index >= 15 is 0 Å². The number of carbonyl (C=O) groups is 1. The van der Waals surface area contributed by atoms with Crippen molar-refractivity contribution >= 4 is 23.2 Å². The van der Waals surface area contributed by atoms with Gasteiger partial charge in [-0.05, 0) is 36.8 Å². The molecule has 1 amide bonds. The van der Waals surface area contributed by atoms with Gasteiger partial charge in [-0.15, -0.1) is 0 Å². The van der Waals surface area contributed by atoms with Crippen LogP contribution < -0.4 is 19.5 Å². The van der Waals surface area contributed by atoms with Gasteiger partial charge in [0.05, 0.1) is 24.9 Å². The number of hydrogen-bond donors (Lipinski definition) is 1. The number of rotatable bonds is 6. The maximum absolute atomic E-state index is 12.1. The molecule has 0 radical (unpaired) electrons. The fourth-order valence-electron chi connectivity index (χ4n) is 1.96. The number of carbonyl (C=O) groups excluding carboxylic acids is 1. The largest absolute Gasteiger partial charge is 0.497 e. The molecule has 0 spiro atoms. The van der Waals surface area contributed by atoms with Crippen LogP contribution in [0.4, 0.5) is 5.69 Å². The molecule has 1 N–H and O–H groups in total. The van der Waals surface area contributed by atoms with Gasteiger partial charge in [0, 0.05) is 6.07 Å². The predicted molar refractivity (Wildman–Crippen MR) is 89.9 cm³/mol. The van der Waals surface area contributed by atoms with Crippen molar-refractivity contribution in [1.29, 1.82) is 0 Å². The molecule has 122 valence electrons. The van der Waals surface area contributed by atoms with Gasteiger partial charge in [0.15, 0.2) is 6.61 Å². The maximum atomic E-state index is 12.1. The van der Waals surface area contributed by atoms with E-state index in [4.69, 9.17) is 25.8 Å². The van der Waals surface area contributed by atoms with Crippen LogP contribution in [0.1, 0.15) is 5.56 Å². The van der Waals surface area contributed by atoms with E-state index in [0.717, 1.165) is 5.56 Å². The molecule has 0 saturated carbocycles. The van der Waals surface area contributed by atoms with Gasteiger partial charge >= 0.3 is 0 Å². The second kappa shape index (κ2) is 7.74. The van der Waals surface area contributed by atoms with Crippen molar-refractivity contribution in [2.24, 2.45) is 0 Å². The van der Waals surface area contributed by atoms with E-state index in [-0.39, 0.29) is 12.5 Å². The van der Waals surface area contributed by atoms with Crippen LogP contribution in [0.15, 0.2) is 36.4 Å². The number of nitrogens with one attached hydrogen (secondary N) is 1. The van der Waals surface area contributed by atoms with Crippen LogP contribution in [-0.2, 0) is 4.79 Å². The quantitative estimate of drug-likeness (QED) is 0.874. The van der Waals surface area contributed by atoms with Gasteiger partial charge in [0.1, 0.15) is 17.2 Å². The van der Waals surface area contributed by atoms with E-state index in [2.05, 4.69) is 5.32 Å². The molecule has 2 aromatic rings. The van der Waals surface area contributed by atoms with Gasteiger partial charge in [-0.2, -0.15) is 0 Å². The van der Waals surface area contributed by atoms with Crippen LogP contribution in [0.5, 0.6) is 17.2 Å². The molecule has 0 aromatic heterocycles. The van der Waals surface area contributed by atoms with Crippen molar-refractivity contribution in [3.8, 4) is 17.2 Å². The SMILES string of the molecule is COc1ccc(OC)c(NC(=O)COc2cc(C)ccc2Cl)c1. The van der Waals surface area contributed by atoms with Crippen molar-refractivity contribution in [1.82, 2.24) is 0 Å². The zero-order chi connectivity index (χ0) is 16.8. The van der Waals surface area contributed by atoms with Crippen molar-refractivity contribution in [3.63, 3.8) is 0 Å². The molecule has 5 nitrogen and oxygen atoms in total. The normalized spacial score (nSPS) is 10.1. The molecule has 0 bridgehead atoms. The van der Waals surface area contributed by atoms with Crippen molar-refractivity contribution < 1.29 is 19.0 Å². The summed E-state index contributed by atoms with van der Waals surface area (Å²) < 4.78 is 15.8. The minimum Gasteiger partial charge on any atom is -0.497 e. The number of amides is 1. The molecule has 0 heterocycles. The molecule has 0 aliphatic carbocycles. The Morgan fingerprint density at radius 2 is 1.87 bits per heavy atom. The lowest BCUT2D eigenvalue weighted by Crippen LogP contribution is -2.20. The third-order valence-electron chi connectivity index (χ3n) is 3.13. The first kappa shape index (κ1) is 17.0. The van der Waals surface area contributed by atoms with Gasteiger partial charge in [0.2, 0.25) is 0 Å². The van der Waals surface area contributed by atoms with Crippen LogP contribution in [0, 0.1) is 6.92 Å². The van der Waals surface area contributed by atoms with Gasteiger partial charge in [0.25, 0.3) is 5.91 Å². The fourth-order valence-corrected chi connectivity index (χ4v) is 2.13. The van der Waals surface area contributed by atoms with Crippen molar-refractivity contribution in [3.05, 3.63) is 47.0 Å². The first-order chi connectivity index (χ1) is 11.0. The number of ether oxygens (including phenoxy) is 3. The highest BCUT2D eigenvalue weighted by molar-refractivity contribution is 6.32. The monoisotopic (exact) mass is 335 g/mol. The molecule has 0 unspecified atom stereocenters. The molecular weight excluding hydrogens is 318 g/mol. The lowest BCUT2D eigenvalue weighted by Gasteiger charge is -2.13. The van der Waals surface area contributed by atoms with Gasteiger partial charge < -0.3 is 19.5 Å². The molecular formula is C17H18ClNO4. The third-order valence-corrected chi connectivity index (χ3v) is 3.44.